The summed E-state index contributed by atoms with van der Waals surface area (Å²) in [7, 11) is 1.61. The first kappa shape index (κ1) is 14.3. The molecule has 0 amide bonds. The molecule has 0 aromatic carbocycles. The van der Waals surface area contributed by atoms with Crippen LogP contribution in [0.5, 0.6) is 0 Å². The topological polar surface area (TPSA) is 90.9 Å². The molecule has 2 aromatic rings. The van der Waals surface area contributed by atoms with Crippen LogP contribution in [0.2, 0.25) is 0 Å². The summed E-state index contributed by atoms with van der Waals surface area (Å²) in [5.41, 5.74) is 5.73. The van der Waals surface area contributed by atoms with Gasteiger partial charge < -0.3 is 20.4 Å². The molecular formula is C13H20N6O. The standard InChI is InChI=1S/C13H20N6O/c1-20-9-13-17-11(14)8-12(18-13)16-4-2-3-6-19-7-5-15-10-19/h5,7-8,10H,2-4,6,9H2,1H3,(H3,14,16,17,18). The Morgan fingerprint density at radius 1 is 1.35 bits per heavy atom. The number of unbranched alkanes of at least 4 members (excludes halogenated alkanes) is 1. The minimum atomic E-state index is 0.361. The highest BCUT2D eigenvalue weighted by Gasteiger charge is 2.02. The number of nitrogens with one attached hydrogen (secondary N) is 1. The zero-order chi connectivity index (χ0) is 14.2. The van der Waals surface area contributed by atoms with Gasteiger partial charge in [-0.2, -0.15) is 0 Å². The molecule has 0 bridgehead atoms. The second-order valence-corrected chi connectivity index (χ2v) is 4.46. The first-order chi connectivity index (χ1) is 9.78. The molecule has 0 aliphatic heterocycles. The van der Waals surface area contributed by atoms with Crippen molar-refractivity contribution in [1.29, 1.82) is 0 Å². The van der Waals surface area contributed by atoms with E-state index in [9.17, 15) is 0 Å². The molecule has 108 valence electrons. The van der Waals surface area contributed by atoms with Crippen molar-refractivity contribution >= 4 is 11.6 Å². The largest absolute Gasteiger partial charge is 0.384 e. The van der Waals surface area contributed by atoms with E-state index in [1.165, 1.54) is 0 Å². The summed E-state index contributed by atoms with van der Waals surface area (Å²) in [5.74, 6) is 1.79. The number of aromatic nitrogens is 4. The Hall–Kier alpha value is -2.15. The highest BCUT2D eigenvalue weighted by molar-refractivity contribution is 5.44. The van der Waals surface area contributed by atoms with Crippen LogP contribution < -0.4 is 11.1 Å². The number of hydrogen-bond acceptors (Lipinski definition) is 6. The number of nitrogen functional groups attached to an aromatic ring is 1. The van der Waals surface area contributed by atoms with E-state index in [2.05, 4.69) is 24.8 Å². The zero-order valence-corrected chi connectivity index (χ0v) is 11.6. The molecule has 2 rings (SSSR count). The third kappa shape index (κ3) is 4.51. The second-order valence-electron chi connectivity index (χ2n) is 4.46. The van der Waals surface area contributed by atoms with Gasteiger partial charge in [0.05, 0.1) is 6.33 Å². The molecule has 7 nitrogen and oxygen atoms in total. The lowest BCUT2D eigenvalue weighted by Gasteiger charge is -2.08. The summed E-state index contributed by atoms with van der Waals surface area (Å²) < 4.78 is 7.07. The van der Waals surface area contributed by atoms with Crippen LogP contribution in [0.25, 0.3) is 0 Å². The number of imidazole rings is 1. The molecule has 2 aromatic heterocycles. The molecule has 0 unspecified atom stereocenters. The van der Waals surface area contributed by atoms with Crippen molar-refractivity contribution in [3.8, 4) is 0 Å². The Bertz CT molecular complexity index is 514. The van der Waals surface area contributed by atoms with E-state index >= 15 is 0 Å². The third-order valence-electron chi connectivity index (χ3n) is 2.77. The number of nitrogens with zero attached hydrogens (tertiary/aromatic N) is 4. The Morgan fingerprint density at radius 2 is 2.25 bits per heavy atom. The van der Waals surface area contributed by atoms with Crippen LogP contribution in [0.4, 0.5) is 11.6 Å². The third-order valence-corrected chi connectivity index (χ3v) is 2.77. The average Bonchev–Trinajstić information content (AvgIpc) is 2.91. The Balaban J connectivity index is 1.73. The molecular weight excluding hydrogens is 256 g/mol. The first-order valence-electron chi connectivity index (χ1n) is 6.60. The number of hydrogen-bond donors (Lipinski definition) is 2. The molecule has 0 radical (unpaired) electrons. The lowest BCUT2D eigenvalue weighted by molar-refractivity contribution is 0.178. The number of ether oxygens (including phenoxy) is 1. The van der Waals surface area contributed by atoms with E-state index in [4.69, 9.17) is 10.5 Å². The van der Waals surface area contributed by atoms with Crippen LogP contribution >= 0.6 is 0 Å². The summed E-state index contributed by atoms with van der Waals surface area (Å²) in [6, 6.07) is 1.73. The predicted molar refractivity (Wildman–Crippen MR) is 77.1 cm³/mol. The van der Waals surface area contributed by atoms with Crippen LogP contribution in [-0.4, -0.2) is 33.2 Å². The number of anilines is 2. The summed E-state index contributed by atoms with van der Waals surface area (Å²) in [6.45, 7) is 2.18. The van der Waals surface area contributed by atoms with Crippen molar-refractivity contribution < 1.29 is 4.74 Å². The second kappa shape index (κ2) is 7.44. The Labute approximate surface area is 118 Å². The van der Waals surface area contributed by atoms with Gasteiger partial charge in [0.15, 0.2) is 5.82 Å². The van der Waals surface area contributed by atoms with Gasteiger partial charge >= 0.3 is 0 Å². The van der Waals surface area contributed by atoms with Gasteiger partial charge in [0, 0.05) is 38.7 Å². The minimum absolute atomic E-state index is 0.361. The fourth-order valence-corrected chi connectivity index (χ4v) is 1.86. The van der Waals surface area contributed by atoms with Crippen molar-refractivity contribution in [2.45, 2.75) is 26.0 Å². The van der Waals surface area contributed by atoms with Crippen molar-refractivity contribution in [3.05, 3.63) is 30.6 Å². The normalized spacial score (nSPS) is 10.7. The number of nitrogens with two attached hydrogens (primary N) is 1. The van der Waals surface area contributed by atoms with E-state index in [1.807, 2.05) is 12.5 Å². The van der Waals surface area contributed by atoms with Crippen LogP contribution in [0.15, 0.2) is 24.8 Å². The molecule has 0 fully saturated rings. The highest BCUT2D eigenvalue weighted by Crippen LogP contribution is 2.09. The van der Waals surface area contributed by atoms with Crippen molar-refractivity contribution in [1.82, 2.24) is 19.5 Å². The number of rotatable bonds is 8. The minimum Gasteiger partial charge on any atom is -0.384 e. The van der Waals surface area contributed by atoms with Gasteiger partial charge in [0.25, 0.3) is 0 Å². The van der Waals surface area contributed by atoms with E-state index in [0.717, 1.165) is 31.7 Å². The lowest BCUT2D eigenvalue weighted by atomic mass is 10.3. The smallest absolute Gasteiger partial charge is 0.158 e. The molecule has 0 aliphatic carbocycles. The van der Waals surface area contributed by atoms with E-state index in [-0.39, 0.29) is 0 Å². The van der Waals surface area contributed by atoms with E-state index in [0.29, 0.717) is 18.2 Å². The molecule has 0 aliphatic rings. The average molecular weight is 276 g/mol. The molecule has 2 heterocycles. The molecule has 0 saturated carbocycles. The molecule has 7 heteroatoms. The molecule has 3 N–H and O–H groups in total. The fraction of sp³-hybridized carbons (Fsp3) is 0.462. The molecule has 0 saturated heterocycles. The van der Waals surface area contributed by atoms with E-state index < -0.39 is 0 Å². The first-order valence-corrected chi connectivity index (χ1v) is 6.60. The van der Waals surface area contributed by atoms with Crippen LogP contribution in [0, 0.1) is 0 Å². The van der Waals surface area contributed by atoms with Crippen LogP contribution in [0.3, 0.4) is 0 Å². The van der Waals surface area contributed by atoms with Gasteiger partial charge in [-0.3, -0.25) is 0 Å². The van der Waals surface area contributed by atoms with Gasteiger partial charge in [-0.15, -0.1) is 0 Å². The maximum Gasteiger partial charge on any atom is 0.158 e. The molecule has 20 heavy (non-hydrogen) atoms. The molecule has 0 spiro atoms. The van der Waals surface area contributed by atoms with Crippen LogP contribution in [-0.2, 0) is 17.9 Å². The van der Waals surface area contributed by atoms with Crippen molar-refractivity contribution in [3.63, 3.8) is 0 Å². The van der Waals surface area contributed by atoms with Crippen molar-refractivity contribution in [2.24, 2.45) is 0 Å². The summed E-state index contributed by atoms with van der Waals surface area (Å²) in [4.78, 5) is 12.4. The summed E-state index contributed by atoms with van der Waals surface area (Å²) in [5, 5.41) is 3.25. The highest BCUT2D eigenvalue weighted by atomic mass is 16.5. The lowest BCUT2D eigenvalue weighted by Crippen LogP contribution is -2.09. The number of aryl methyl sites for hydroxylation is 1. The summed E-state index contributed by atoms with van der Waals surface area (Å²) in [6.07, 6.45) is 7.71. The maximum atomic E-state index is 5.73. The fourth-order valence-electron chi connectivity index (χ4n) is 1.86. The number of methoxy groups -OCH3 is 1. The van der Waals surface area contributed by atoms with Gasteiger partial charge in [0.2, 0.25) is 0 Å². The van der Waals surface area contributed by atoms with Gasteiger partial charge in [-0.25, -0.2) is 15.0 Å². The Kier molecular flexibility index (Phi) is 5.31. The maximum absolute atomic E-state index is 5.73. The van der Waals surface area contributed by atoms with Gasteiger partial charge in [-0.05, 0) is 12.8 Å². The zero-order valence-electron chi connectivity index (χ0n) is 11.6. The predicted octanol–water partition coefficient (Wildman–Crippen LogP) is 1.29. The van der Waals surface area contributed by atoms with Crippen molar-refractivity contribution in [2.75, 3.05) is 24.7 Å². The summed E-state index contributed by atoms with van der Waals surface area (Å²) >= 11 is 0. The molecule has 0 atom stereocenters. The quantitative estimate of drug-likeness (QED) is 0.706. The SMILES string of the molecule is COCc1nc(N)cc(NCCCCn2ccnc2)n1. The Morgan fingerprint density at radius 3 is 3.00 bits per heavy atom. The van der Waals surface area contributed by atoms with Gasteiger partial charge in [0.1, 0.15) is 18.2 Å². The van der Waals surface area contributed by atoms with Gasteiger partial charge in [-0.1, -0.05) is 0 Å². The van der Waals surface area contributed by atoms with E-state index in [1.54, 1.807) is 19.4 Å². The monoisotopic (exact) mass is 276 g/mol. The van der Waals surface area contributed by atoms with Crippen LogP contribution in [0.1, 0.15) is 18.7 Å².